The second-order valence-corrected chi connectivity index (χ2v) is 18.7. The SMILES string of the molecule is OCCCO[C@@H]1[C@@H](O)[C@H]2O[C@@H]3[C@H](OCCCO)[C@@H](O)[C@@H](O[C@H]4[C@H](O)[C@@H](O)[C@@H](O[C@H]5[C@H](O)[C@@H](O)[C@@H](O[C@H]6[C@H](O)[C@@H](O)[C@@H](O[C@H]7[C@H](O)[C@@H](O)[C@@H](O[C@H]1[C@@H](CO)O2)O[C@@H]7CO)O[C@@H]6CO)O[C@@H]5CO)O[C@@H]4CO)O[C@@H]3CO. The molecule has 30 atom stereocenters. The first-order valence-electron chi connectivity index (χ1n) is 24.3. The molecule has 0 saturated carbocycles. The van der Waals surface area contributed by atoms with Crippen molar-refractivity contribution in [3.8, 4) is 0 Å². The molecule has 22 rings (SSSR count). The Labute approximate surface area is 421 Å². The summed E-state index contributed by atoms with van der Waals surface area (Å²) in [6, 6.07) is 0. The predicted molar refractivity (Wildman–Crippen MR) is 227 cm³/mol. The standard InChI is InChI=1S/C42H72O32/c43-3-1-5-61-35-27(59)41-67-18(12-50)34(35)74-42-28(60)36(62-6-2-4-44)33(17(11-49)68-42)73-40-26(58)22(54)31(15(9-47)66-40)71-38-24(56)20(52)29(13(7-45)64-38)69-37-23(55)19(51)30(14(8-46)63-37)70-39-25(57)21(53)32(72-41)16(10-48)65-39/h13-60H,1-12H2/t13-,14-,15-,16-,17-,18-,19-,20-,21-,22-,23-,24-,25-,26-,27-,28-,29-,30-,31-,32-,33+,34+,35-,36-,37-,38-,39-,40-,41-,42-/m1/s1. The summed E-state index contributed by atoms with van der Waals surface area (Å²) in [5.74, 6) is 0. The van der Waals surface area contributed by atoms with Crippen molar-refractivity contribution in [1.82, 2.24) is 0 Å². The highest BCUT2D eigenvalue weighted by Crippen LogP contribution is 2.39. The zero-order valence-corrected chi connectivity index (χ0v) is 39.6. The van der Waals surface area contributed by atoms with E-state index < -0.39 is 237 Å². The first-order valence-corrected chi connectivity index (χ1v) is 24.3. The predicted octanol–water partition coefficient (Wildman–Crippen LogP) is -12.2. The number of aliphatic hydroxyl groups excluding tert-OH is 18. The molecule has 18 N–H and O–H groups in total. The van der Waals surface area contributed by atoms with Gasteiger partial charge in [0, 0.05) is 26.4 Å². The number of ether oxygens (including phenoxy) is 14. The van der Waals surface area contributed by atoms with Gasteiger partial charge in [-0.15, -0.1) is 0 Å². The molecule has 22 fully saturated rings. The van der Waals surface area contributed by atoms with Crippen molar-refractivity contribution in [2.24, 2.45) is 0 Å². The summed E-state index contributed by atoms with van der Waals surface area (Å²) in [6.45, 7) is -7.24. The molecular weight excluding hydrogens is 1020 g/mol. The summed E-state index contributed by atoms with van der Waals surface area (Å²) in [4.78, 5) is 0. The summed E-state index contributed by atoms with van der Waals surface area (Å²) in [5, 5.41) is 197. The quantitative estimate of drug-likeness (QED) is 0.0718. The first kappa shape index (κ1) is 60.4. The molecule has 0 aromatic carbocycles. The van der Waals surface area contributed by atoms with Crippen LogP contribution in [0.1, 0.15) is 12.8 Å². The number of rotatable bonds is 14. The Morgan fingerprint density at radius 2 is 0.446 bits per heavy atom. The van der Waals surface area contributed by atoms with E-state index in [1.165, 1.54) is 0 Å². The lowest BCUT2D eigenvalue weighted by Crippen LogP contribution is -2.69. The van der Waals surface area contributed by atoms with Gasteiger partial charge in [-0.3, -0.25) is 0 Å². The van der Waals surface area contributed by atoms with Crippen molar-refractivity contribution in [2.45, 2.75) is 197 Å². The molecule has 0 aromatic heterocycles. The monoisotopic (exact) mass is 1090 g/mol. The number of aliphatic hydroxyl groups is 18. The van der Waals surface area contributed by atoms with Gasteiger partial charge in [0.2, 0.25) is 0 Å². The molecule has 22 aliphatic heterocycles. The van der Waals surface area contributed by atoms with E-state index in [1.54, 1.807) is 0 Å². The lowest BCUT2D eigenvalue weighted by atomic mass is 9.94. The lowest BCUT2D eigenvalue weighted by molar-refractivity contribution is -0.405. The molecule has 22 aliphatic rings. The van der Waals surface area contributed by atoms with E-state index in [2.05, 4.69) is 0 Å². The molecule has 0 aliphatic carbocycles. The minimum absolute atomic E-state index is 0.0170. The molecule has 0 spiro atoms. The van der Waals surface area contributed by atoms with Crippen LogP contribution in [0.15, 0.2) is 0 Å². The summed E-state index contributed by atoms with van der Waals surface area (Å²) in [6.07, 6.45) is -56.6. The van der Waals surface area contributed by atoms with Gasteiger partial charge >= 0.3 is 0 Å². The smallest absolute Gasteiger partial charge is 0.187 e. The van der Waals surface area contributed by atoms with Gasteiger partial charge in [0.15, 0.2) is 37.7 Å². The van der Waals surface area contributed by atoms with Gasteiger partial charge in [0.1, 0.15) is 146 Å². The fourth-order valence-electron chi connectivity index (χ4n) is 9.85. The van der Waals surface area contributed by atoms with Crippen LogP contribution in [0.5, 0.6) is 0 Å². The third kappa shape index (κ3) is 12.7. The minimum Gasteiger partial charge on any atom is -0.396 e. The van der Waals surface area contributed by atoms with Crippen molar-refractivity contribution in [3.05, 3.63) is 0 Å². The van der Waals surface area contributed by atoms with Crippen LogP contribution in [0.2, 0.25) is 0 Å². The molecule has 0 aromatic rings. The third-order valence-corrected chi connectivity index (χ3v) is 13.8. The summed E-state index contributed by atoms with van der Waals surface area (Å²) < 4.78 is 82.1. The average molecular weight is 1090 g/mol. The van der Waals surface area contributed by atoms with Crippen molar-refractivity contribution in [1.29, 1.82) is 0 Å². The fraction of sp³-hybridized carbons (Fsp3) is 1.00. The van der Waals surface area contributed by atoms with Gasteiger partial charge in [-0.1, -0.05) is 0 Å². The van der Waals surface area contributed by atoms with Crippen LogP contribution < -0.4 is 0 Å². The maximum Gasteiger partial charge on any atom is 0.187 e. The maximum absolute atomic E-state index is 11.9. The Bertz CT molecular complexity index is 1640. The molecule has 74 heavy (non-hydrogen) atoms. The molecule has 432 valence electrons. The van der Waals surface area contributed by atoms with Gasteiger partial charge in [0.05, 0.1) is 39.6 Å². The Balaban J connectivity index is 1.24. The van der Waals surface area contributed by atoms with Crippen LogP contribution in [0.3, 0.4) is 0 Å². The first-order chi connectivity index (χ1) is 35.5. The van der Waals surface area contributed by atoms with E-state index in [1.807, 2.05) is 0 Å². The van der Waals surface area contributed by atoms with Gasteiger partial charge in [-0.2, -0.15) is 0 Å². The molecule has 12 bridgehead atoms. The molecule has 0 unspecified atom stereocenters. The molecular formula is C42H72O32. The molecule has 32 nitrogen and oxygen atoms in total. The zero-order chi connectivity index (χ0) is 53.7. The van der Waals surface area contributed by atoms with Crippen molar-refractivity contribution in [3.63, 3.8) is 0 Å². The van der Waals surface area contributed by atoms with Gasteiger partial charge in [-0.05, 0) is 12.8 Å². The number of hydrogen-bond donors (Lipinski definition) is 18. The zero-order valence-electron chi connectivity index (χ0n) is 39.6. The van der Waals surface area contributed by atoms with E-state index in [0.717, 1.165) is 0 Å². The number of hydrogen-bond acceptors (Lipinski definition) is 32. The van der Waals surface area contributed by atoms with Crippen LogP contribution in [0.25, 0.3) is 0 Å². The Hall–Kier alpha value is -1.28. The van der Waals surface area contributed by atoms with Crippen molar-refractivity contribution >= 4 is 0 Å². The van der Waals surface area contributed by atoms with Gasteiger partial charge in [0.25, 0.3) is 0 Å². The molecule has 32 heteroatoms. The van der Waals surface area contributed by atoms with Crippen molar-refractivity contribution < 1.29 is 158 Å². The second kappa shape index (κ2) is 27.3. The Morgan fingerprint density at radius 3 is 0.662 bits per heavy atom. The van der Waals surface area contributed by atoms with E-state index in [9.17, 15) is 91.9 Å². The van der Waals surface area contributed by atoms with Crippen LogP contribution in [-0.4, -0.2) is 342 Å². The average Bonchev–Trinajstić information content (AvgIpc) is 3.39. The van der Waals surface area contributed by atoms with Gasteiger partial charge < -0.3 is 158 Å². The van der Waals surface area contributed by atoms with Crippen LogP contribution >= 0.6 is 0 Å². The van der Waals surface area contributed by atoms with E-state index in [0.29, 0.717) is 0 Å². The van der Waals surface area contributed by atoms with E-state index in [4.69, 9.17) is 66.3 Å². The maximum atomic E-state index is 11.9. The van der Waals surface area contributed by atoms with Crippen LogP contribution in [-0.2, 0) is 66.3 Å². The van der Waals surface area contributed by atoms with E-state index in [-0.39, 0.29) is 26.1 Å². The molecule has 0 radical (unpaired) electrons. The highest BCUT2D eigenvalue weighted by atomic mass is 16.8. The summed E-state index contributed by atoms with van der Waals surface area (Å²) in [7, 11) is 0. The second-order valence-electron chi connectivity index (χ2n) is 18.7. The van der Waals surface area contributed by atoms with E-state index >= 15 is 0 Å². The topological polar surface area (TPSA) is 493 Å². The summed E-state index contributed by atoms with van der Waals surface area (Å²) in [5.41, 5.74) is 0. The van der Waals surface area contributed by atoms with Crippen molar-refractivity contribution in [2.75, 3.05) is 66.1 Å². The van der Waals surface area contributed by atoms with Crippen LogP contribution in [0, 0.1) is 0 Å². The summed E-state index contributed by atoms with van der Waals surface area (Å²) >= 11 is 0. The Morgan fingerprint density at radius 1 is 0.243 bits per heavy atom. The molecule has 0 amide bonds. The molecule has 22 saturated heterocycles. The highest BCUT2D eigenvalue weighted by molar-refractivity contribution is 5.01. The van der Waals surface area contributed by atoms with Gasteiger partial charge in [-0.25, -0.2) is 0 Å². The largest absolute Gasteiger partial charge is 0.396 e. The third-order valence-electron chi connectivity index (χ3n) is 13.8. The lowest BCUT2D eigenvalue weighted by Gasteiger charge is -2.51. The van der Waals surface area contributed by atoms with Crippen LogP contribution in [0.4, 0.5) is 0 Å². The Kier molecular flexibility index (Phi) is 22.2. The normalized spacial score (nSPS) is 50.7. The highest BCUT2D eigenvalue weighted by Gasteiger charge is 2.59. The molecule has 22 heterocycles. The fourth-order valence-corrected chi connectivity index (χ4v) is 9.85. The minimum atomic E-state index is -2.16.